The molecular formula is C44H52N6O7S2. The first-order valence-electron chi connectivity index (χ1n) is 20.6. The van der Waals surface area contributed by atoms with Crippen LogP contribution in [-0.4, -0.2) is 83.1 Å². The van der Waals surface area contributed by atoms with Crippen molar-refractivity contribution in [1.82, 2.24) is 24.9 Å². The summed E-state index contributed by atoms with van der Waals surface area (Å²) in [6.45, 7) is 5.90. The number of para-hydroxylation sites is 1. The number of benzene rings is 2. The summed E-state index contributed by atoms with van der Waals surface area (Å²) in [6.07, 6.45) is 8.46. The van der Waals surface area contributed by atoms with E-state index < -0.39 is 56.2 Å². The van der Waals surface area contributed by atoms with E-state index in [1.807, 2.05) is 72.1 Å². The van der Waals surface area contributed by atoms with Gasteiger partial charge in [-0.1, -0.05) is 57.0 Å². The molecule has 4 aliphatic rings. The average Bonchev–Trinajstić information content (AvgIpc) is 3.99. The number of hydrogen-bond acceptors (Lipinski definition) is 11. The Kier molecular flexibility index (Phi) is 11.2. The largest absolute Gasteiger partial charge is 0.497 e. The van der Waals surface area contributed by atoms with Gasteiger partial charge >= 0.3 is 0 Å². The van der Waals surface area contributed by atoms with Crippen LogP contribution < -0.4 is 24.8 Å². The van der Waals surface area contributed by atoms with Gasteiger partial charge in [0, 0.05) is 40.9 Å². The maximum Gasteiger partial charge on any atom is 0.259 e. The highest BCUT2D eigenvalue weighted by Gasteiger charge is 2.63. The van der Waals surface area contributed by atoms with Crippen LogP contribution in [0.1, 0.15) is 90.2 Å². The third-order valence-electron chi connectivity index (χ3n) is 12.2. The summed E-state index contributed by atoms with van der Waals surface area (Å²) in [5, 5.41) is 9.92. The summed E-state index contributed by atoms with van der Waals surface area (Å²) in [6, 6.07) is 15.3. The number of pyridine rings is 1. The standard InChI is InChI=1S/C44H52N6O7S2/c1-27(2)36-26-58-40(47-36)35-23-38(32-18-17-30(56-4)21-34(32)46-35)57-31-22-37-39(51)48-44(42(53)49-59(54,55)43(3)19-20-43)24-28(44)13-9-6-5-7-12-16-33(41(52)50(37)25-31)45-29-14-10-8-11-15-29/h8-11,13-15,17-18,21,23,26-28,31,33,37,45H,5-7,12,16,19-20,22,24-25H2,1-4H3,(H,48,51)(H,49,53)/b13-9-/t28-,31-,33+,37+,44-/m1/s1. The number of carbonyl (C=O) groups excluding carboxylic acids is 3. The molecule has 0 spiro atoms. The van der Waals surface area contributed by atoms with Gasteiger partial charge in [-0.3, -0.25) is 19.1 Å². The van der Waals surface area contributed by atoms with E-state index in [-0.39, 0.29) is 31.2 Å². The zero-order valence-electron chi connectivity index (χ0n) is 33.9. The molecule has 8 rings (SSSR count). The fourth-order valence-electron chi connectivity index (χ4n) is 8.04. The summed E-state index contributed by atoms with van der Waals surface area (Å²) in [5.74, 6) is -0.543. The van der Waals surface area contributed by atoms with Crippen molar-refractivity contribution in [3.05, 3.63) is 77.8 Å². The van der Waals surface area contributed by atoms with Crippen LogP contribution in [0.5, 0.6) is 11.5 Å². The topological polar surface area (TPSA) is 169 Å². The molecule has 3 amide bonds. The third-order valence-corrected chi connectivity index (χ3v) is 15.2. The van der Waals surface area contributed by atoms with Crippen molar-refractivity contribution in [2.75, 3.05) is 19.0 Å². The molecule has 0 radical (unpaired) electrons. The quantitative estimate of drug-likeness (QED) is 0.146. The number of methoxy groups -OCH3 is 1. The van der Waals surface area contributed by atoms with Crippen LogP contribution in [0, 0.1) is 5.92 Å². The summed E-state index contributed by atoms with van der Waals surface area (Å²) < 4.78 is 40.2. The highest BCUT2D eigenvalue weighted by molar-refractivity contribution is 7.91. The van der Waals surface area contributed by atoms with Crippen LogP contribution in [0.3, 0.4) is 0 Å². The van der Waals surface area contributed by atoms with E-state index in [2.05, 4.69) is 29.2 Å². The predicted octanol–water partition coefficient (Wildman–Crippen LogP) is 6.71. The molecule has 2 saturated carbocycles. The van der Waals surface area contributed by atoms with Gasteiger partial charge in [-0.05, 0) is 75.6 Å². The van der Waals surface area contributed by atoms with Crippen LogP contribution in [-0.2, 0) is 24.4 Å². The minimum Gasteiger partial charge on any atom is -0.497 e. The summed E-state index contributed by atoms with van der Waals surface area (Å²) in [4.78, 5) is 54.9. The SMILES string of the molecule is COc1ccc2c(O[C@@H]3C[C@H]4C(=O)N[C@]5(C(=O)NS(=O)(=O)C6(C)CC6)C[C@H]5/C=C\CCCCC[C@H](Nc5ccccc5)C(=O)N4C3)cc(-c3nc(C(C)C)cs3)nc2c1. The second-order valence-electron chi connectivity index (χ2n) is 16.9. The van der Waals surface area contributed by atoms with E-state index in [1.54, 1.807) is 18.9 Å². The average molecular weight is 841 g/mol. The van der Waals surface area contributed by atoms with Crippen LogP contribution in [0.25, 0.3) is 21.6 Å². The lowest BCUT2D eigenvalue weighted by Gasteiger charge is -2.30. The fraction of sp³-hybridized carbons (Fsp3) is 0.477. The maximum atomic E-state index is 14.8. The van der Waals surface area contributed by atoms with Crippen LogP contribution >= 0.6 is 11.3 Å². The highest BCUT2D eigenvalue weighted by Crippen LogP contribution is 2.48. The van der Waals surface area contributed by atoms with E-state index in [1.165, 1.54) is 11.3 Å². The van der Waals surface area contributed by atoms with Crippen molar-refractivity contribution < 1.29 is 32.3 Å². The Balaban J connectivity index is 1.14. The molecule has 15 heteroatoms. The van der Waals surface area contributed by atoms with E-state index in [0.717, 1.165) is 47.5 Å². The van der Waals surface area contributed by atoms with Gasteiger partial charge in [0.1, 0.15) is 45.9 Å². The van der Waals surface area contributed by atoms with Crippen LogP contribution in [0.2, 0.25) is 0 Å². The monoisotopic (exact) mass is 840 g/mol. The number of ether oxygens (including phenoxy) is 2. The van der Waals surface area contributed by atoms with Crippen molar-refractivity contribution in [2.24, 2.45) is 5.92 Å². The van der Waals surface area contributed by atoms with Crippen molar-refractivity contribution in [3.8, 4) is 22.2 Å². The molecule has 5 atom stereocenters. The van der Waals surface area contributed by atoms with Crippen molar-refractivity contribution in [3.63, 3.8) is 0 Å². The minimum atomic E-state index is -3.97. The second-order valence-corrected chi connectivity index (χ2v) is 19.9. The Labute approximate surface area is 349 Å². The van der Waals surface area contributed by atoms with Gasteiger partial charge < -0.3 is 25.0 Å². The molecule has 0 bridgehead atoms. The molecular weight excluding hydrogens is 789 g/mol. The lowest BCUT2D eigenvalue weighted by molar-refractivity contribution is -0.140. The highest BCUT2D eigenvalue weighted by atomic mass is 32.2. The molecule has 4 aromatic rings. The maximum absolute atomic E-state index is 14.8. The number of sulfonamides is 1. The van der Waals surface area contributed by atoms with Gasteiger partial charge in [0.05, 0.1) is 29.6 Å². The first-order chi connectivity index (χ1) is 28.3. The molecule has 2 aliphatic carbocycles. The van der Waals surface area contributed by atoms with E-state index in [4.69, 9.17) is 19.4 Å². The van der Waals surface area contributed by atoms with Crippen LogP contribution in [0.15, 0.2) is 72.1 Å². The van der Waals surface area contributed by atoms with Gasteiger partial charge in [-0.25, -0.2) is 18.4 Å². The Morgan fingerprint density at radius 1 is 1.05 bits per heavy atom. The lowest BCUT2D eigenvalue weighted by atomic mass is 10.0. The molecule has 59 heavy (non-hydrogen) atoms. The molecule has 0 unspecified atom stereocenters. The predicted molar refractivity (Wildman–Crippen MR) is 228 cm³/mol. The van der Waals surface area contributed by atoms with Gasteiger partial charge in [-0.2, -0.15) is 0 Å². The Bertz CT molecular complexity index is 2380. The molecule has 3 fully saturated rings. The number of rotatable bonds is 10. The molecule has 2 aliphatic heterocycles. The molecule has 13 nitrogen and oxygen atoms in total. The molecule has 312 valence electrons. The fourth-order valence-corrected chi connectivity index (χ4v) is 10.3. The zero-order chi connectivity index (χ0) is 41.5. The number of hydrogen-bond donors (Lipinski definition) is 3. The number of allylic oxidation sites excluding steroid dienone is 1. The van der Waals surface area contributed by atoms with E-state index in [9.17, 15) is 22.8 Å². The molecule has 4 heterocycles. The van der Waals surface area contributed by atoms with Gasteiger partial charge in [-0.15, -0.1) is 11.3 Å². The Hall–Kier alpha value is -5.02. The van der Waals surface area contributed by atoms with Crippen molar-refractivity contribution in [1.29, 1.82) is 0 Å². The number of amides is 3. The molecule has 2 aromatic carbocycles. The van der Waals surface area contributed by atoms with Crippen molar-refractivity contribution in [2.45, 2.75) is 113 Å². The molecule has 3 N–H and O–H groups in total. The first-order valence-corrected chi connectivity index (χ1v) is 22.9. The van der Waals surface area contributed by atoms with Crippen molar-refractivity contribution >= 4 is 55.7 Å². The smallest absolute Gasteiger partial charge is 0.259 e. The Morgan fingerprint density at radius 3 is 2.58 bits per heavy atom. The van der Waals surface area contributed by atoms with Gasteiger partial charge in [0.2, 0.25) is 21.8 Å². The Morgan fingerprint density at radius 2 is 1.85 bits per heavy atom. The van der Waals surface area contributed by atoms with Gasteiger partial charge in [0.25, 0.3) is 5.91 Å². The van der Waals surface area contributed by atoms with Gasteiger partial charge in [0.15, 0.2) is 0 Å². The lowest BCUT2D eigenvalue weighted by Crippen LogP contribution is -2.58. The summed E-state index contributed by atoms with van der Waals surface area (Å²) in [7, 11) is -2.37. The minimum absolute atomic E-state index is 0.100. The third kappa shape index (κ3) is 8.41. The zero-order valence-corrected chi connectivity index (χ0v) is 35.5. The van der Waals surface area contributed by atoms with E-state index >= 15 is 0 Å². The number of nitrogens with one attached hydrogen (secondary N) is 3. The number of aromatic nitrogens is 2. The summed E-state index contributed by atoms with van der Waals surface area (Å²) >= 11 is 1.50. The van der Waals surface area contributed by atoms with Crippen LogP contribution in [0.4, 0.5) is 5.69 Å². The van der Waals surface area contributed by atoms with E-state index in [0.29, 0.717) is 42.0 Å². The number of anilines is 1. The summed E-state index contributed by atoms with van der Waals surface area (Å²) in [5.41, 5.74) is 1.54. The second kappa shape index (κ2) is 16.2. The number of nitrogens with zero attached hydrogens (tertiary/aromatic N) is 3. The normalized spacial score (nSPS) is 26.2. The first kappa shape index (κ1) is 40.7. The molecule has 1 saturated heterocycles. The molecule has 2 aromatic heterocycles. The number of fused-ring (bicyclic) bond motifs is 3. The number of thiazole rings is 1. The number of carbonyl (C=O) groups is 3.